The molecule has 66 valence electrons. The van der Waals surface area contributed by atoms with E-state index in [1.54, 1.807) is 11.3 Å². The van der Waals surface area contributed by atoms with Crippen molar-refractivity contribution in [3.8, 4) is 11.4 Å². The first kappa shape index (κ1) is 8.65. The van der Waals surface area contributed by atoms with Gasteiger partial charge in [-0.1, -0.05) is 0 Å². The molecule has 0 fully saturated rings. The van der Waals surface area contributed by atoms with Crippen molar-refractivity contribution in [1.29, 1.82) is 0 Å². The summed E-state index contributed by atoms with van der Waals surface area (Å²) in [7, 11) is 0. The van der Waals surface area contributed by atoms with Gasteiger partial charge in [-0.05, 0) is 15.9 Å². The van der Waals surface area contributed by atoms with Crippen molar-refractivity contribution in [2.75, 3.05) is 0 Å². The van der Waals surface area contributed by atoms with Crippen molar-refractivity contribution in [2.45, 2.75) is 0 Å². The van der Waals surface area contributed by atoms with E-state index in [1.807, 2.05) is 10.8 Å². The molecule has 0 saturated carbocycles. The summed E-state index contributed by atoms with van der Waals surface area (Å²) in [5.74, 6) is 0.598. The van der Waals surface area contributed by atoms with E-state index in [4.69, 9.17) is 0 Å². The number of hydrogen-bond acceptors (Lipinski definition) is 3. The molecule has 0 aromatic carbocycles. The highest BCUT2D eigenvalue weighted by Crippen LogP contribution is 2.28. The SMILES string of the molecule is O=c1ccnc(-c2cscc2Br)[nH]1. The molecule has 0 saturated heterocycles. The van der Waals surface area contributed by atoms with Gasteiger partial charge < -0.3 is 4.98 Å². The molecule has 0 aliphatic rings. The van der Waals surface area contributed by atoms with Crippen LogP contribution in [0.2, 0.25) is 0 Å². The molecule has 0 spiro atoms. The van der Waals surface area contributed by atoms with Crippen molar-refractivity contribution >= 4 is 27.3 Å². The number of nitrogens with one attached hydrogen (secondary N) is 1. The predicted molar refractivity (Wildman–Crippen MR) is 55.9 cm³/mol. The van der Waals surface area contributed by atoms with Crippen molar-refractivity contribution in [3.63, 3.8) is 0 Å². The zero-order chi connectivity index (χ0) is 9.26. The Morgan fingerprint density at radius 3 is 2.92 bits per heavy atom. The van der Waals surface area contributed by atoms with E-state index in [-0.39, 0.29) is 5.56 Å². The standard InChI is InChI=1S/C8H5BrN2OS/c9-6-4-13-3-5(6)8-10-2-1-7(12)11-8/h1-4H,(H,10,11,12). The number of halogens is 1. The van der Waals surface area contributed by atoms with Crippen LogP contribution in [0, 0.1) is 0 Å². The molecule has 1 N–H and O–H groups in total. The first-order valence-corrected chi connectivity index (χ1v) is 5.28. The fraction of sp³-hybridized carbons (Fsp3) is 0. The predicted octanol–water partition coefficient (Wildman–Crippen LogP) is 2.26. The van der Waals surface area contributed by atoms with Crippen molar-refractivity contribution in [3.05, 3.63) is 37.8 Å². The minimum Gasteiger partial charge on any atom is -0.306 e. The minimum absolute atomic E-state index is 0.136. The van der Waals surface area contributed by atoms with Gasteiger partial charge in [0.2, 0.25) is 0 Å². The van der Waals surface area contributed by atoms with E-state index < -0.39 is 0 Å². The summed E-state index contributed by atoms with van der Waals surface area (Å²) in [5, 5.41) is 3.88. The third-order valence-corrected chi connectivity index (χ3v) is 3.24. The van der Waals surface area contributed by atoms with Gasteiger partial charge in [-0.15, -0.1) is 0 Å². The van der Waals surface area contributed by atoms with Crippen LogP contribution >= 0.6 is 27.3 Å². The zero-order valence-electron chi connectivity index (χ0n) is 6.45. The molecule has 0 radical (unpaired) electrons. The molecule has 2 heterocycles. The molecule has 2 aromatic heterocycles. The van der Waals surface area contributed by atoms with Crippen LogP contribution < -0.4 is 5.56 Å². The summed E-state index contributed by atoms with van der Waals surface area (Å²) < 4.78 is 0.951. The van der Waals surface area contributed by atoms with Crippen molar-refractivity contribution in [2.24, 2.45) is 0 Å². The van der Waals surface area contributed by atoms with Gasteiger partial charge in [0, 0.05) is 33.1 Å². The Morgan fingerprint density at radius 2 is 2.31 bits per heavy atom. The van der Waals surface area contributed by atoms with Crippen LogP contribution in [0.5, 0.6) is 0 Å². The molecule has 5 heteroatoms. The second-order valence-corrected chi connectivity index (χ2v) is 4.01. The molecule has 3 nitrogen and oxygen atoms in total. The van der Waals surface area contributed by atoms with Gasteiger partial charge in [0.25, 0.3) is 5.56 Å². The number of aromatic nitrogens is 2. The van der Waals surface area contributed by atoms with Crippen LogP contribution in [0.3, 0.4) is 0 Å². The summed E-state index contributed by atoms with van der Waals surface area (Å²) in [6.07, 6.45) is 1.50. The van der Waals surface area contributed by atoms with Crippen LogP contribution in [-0.4, -0.2) is 9.97 Å². The van der Waals surface area contributed by atoms with E-state index in [0.29, 0.717) is 5.82 Å². The number of H-pyrrole nitrogens is 1. The smallest absolute Gasteiger partial charge is 0.251 e. The van der Waals surface area contributed by atoms with Gasteiger partial charge in [0.15, 0.2) is 0 Å². The zero-order valence-corrected chi connectivity index (χ0v) is 8.85. The van der Waals surface area contributed by atoms with Gasteiger partial charge in [-0.3, -0.25) is 4.79 Å². The fourth-order valence-corrected chi connectivity index (χ4v) is 2.42. The number of rotatable bonds is 1. The van der Waals surface area contributed by atoms with Crippen LogP contribution in [-0.2, 0) is 0 Å². The van der Waals surface area contributed by atoms with Gasteiger partial charge in [0.05, 0.1) is 0 Å². The molecule has 0 aliphatic heterocycles. The molecule has 0 atom stereocenters. The van der Waals surface area contributed by atoms with Gasteiger partial charge in [0.1, 0.15) is 5.82 Å². The Hall–Kier alpha value is -0.940. The normalized spacial score (nSPS) is 10.2. The average Bonchev–Trinajstić information content (AvgIpc) is 2.51. The fourth-order valence-electron chi connectivity index (χ4n) is 0.958. The molecule has 0 amide bonds. The average molecular weight is 257 g/mol. The third kappa shape index (κ3) is 1.71. The van der Waals surface area contributed by atoms with Gasteiger partial charge in [-0.25, -0.2) is 4.98 Å². The lowest BCUT2D eigenvalue weighted by Gasteiger charge is -1.95. The molecule has 2 rings (SSSR count). The van der Waals surface area contributed by atoms with Gasteiger partial charge in [-0.2, -0.15) is 11.3 Å². The number of hydrogen-bond donors (Lipinski definition) is 1. The highest BCUT2D eigenvalue weighted by Gasteiger charge is 2.05. The Bertz CT molecular complexity index is 477. The Morgan fingerprint density at radius 1 is 1.46 bits per heavy atom. The largest absolute Gasteiger partial charge is 0.306 e. The molecular weight excluding hydrogens is 252 g/mol. The monoisotopic (exact) mass is 256 g/mol. The van der Waals surface area contributed by atoms with Gasteiger partial charge >= 0.3 is 0 Å². The molecule has 2 aromatic rings. The van der Waals surface area contributed by atoms with E-state index in [0.717, 1.165) is 10.0 Å². The number of aromatic amines is 1. The van der Waals surface area contributed by atoms with Crippen molar-refractivity contribution < 1.29 is 0 Å². The van der Waals surface area contributed by atoms with E-state index >= 15 is 0 Å². The molecule has 13 heavy (non-hydrogen) atoms. The topological polar surface area (TPSA) is 45.8 Å². The second-order valence-electron chi connectivity index (χ2n) is 2.42. The number of thiophene rings is 1. The highest BCUT2D eigenvalue weighted by molar-refractivity contribution is 9.10. The molecular formula is C8H5BrN2OS. The lowest BCUT2D eigenvalue weighted by molar-refractivity contribution is 1.13. The van der Waals surface area contributed by atoms with E-state index in [9.17, 15) is 4.79 Å². The van der Waals surface area contributed by atoms with Crippen LogP contribution in [0.4, 0.5) is 0 Å². The summed E-state index contributed by atoms with van der Waals surface area (Å²) in [6.45, 7) is 0. The first-order valence-electron chi connectivity index (χ1n) is 3.55. The Labute approximate surface area is 86.6 Å². The maximum absolute atomic E-state index is 11.0. The van der Waals surface area contributed by atoms with Crippen LogP contribution in [0.1, 0.15) is 0 Å². The molecule has 0 aliphatic carbocycles. The lowest BCUT2D eigenvalue weighted by Crippen LogP contribution is -2.05. The van der Waals surface area contributed by atoms with E-state index in [1.165, 1.54) is 12.3 Å². The van der Waals surface area contributed by atoms with E-state index in [2.05, 4.69) is 25.9 Å². The maximum Gasteiger partial charge on any atom is 0.251 e. The lowest BCUT2D eigenvalue weighted by atomic mass is 10.3. The summed E-state index contributed by atoms with van der Waals surface area (Å²) in [6, 6.07) is 1.39. The van der Waals surface area contributed by atoms with Crippen LogP contribution in [0.15, 0.2) is 32.3 Å². The summed E-state index contributed by atoms with van der Waals surface area (Å²) in [4.78, 5) is 17.7. The Kier molecular flexibility index (Phi) is 2.28. The summed E-state index contributed by atoms with van der Waals surface area (Å²) >= 11 is 4.93. The summed E-state index contributed by atoms with van der Waals surface area (Å²) in [5.41, 5.74) is 0.783. The third-order valence-electron chi connectivity index (χ3n) is 1.54. The maximum atomic E-state index is 11.0. The second kappa shape index (κ2) is 3.43. The first-order chi connectivity index (χ1) is 6.27. The number of nitrogens with zero attached hydrogens (tertiary/aromatic N) is 1. The molecule has 0 bridgehead atoms. The highest BCUT2D eigenvalue weighted by atomic mass is 79.9. The van der Waals surface area contributed by atoms with Crippen molar-refractivity contribution in [1.82, 2.24) is 9.97 Å². The molecule has 0 unspecified atom stereocenters. The minimum atomic E-state index is -0.136. The quantitative estimate of drug-likeness (QED) is 0.851. The Balaban J connectivity index is 2.59. The van der Waals surface area contributed by atoms with Crippen LogP contribution in [0.25, 0.3) is 11.4 Å².